The summed E-state index contributed by atoms with van der Waals surface area (Å²) in [6, 6.07) is 13.0. The quantitative estimate of drug-likeness (QED) is 0.597. The van der Waals surface area contributed by atoms with Crippen LogP contribution in [-0.2, 0) is 0 Å². The molecule has 0 radical (unpaired) electrons. The number of hydrogen-bond acceptors (Lipinski definition) is 4. The SMILES string of the molecule is CCC(Sc1ccccn1)C(=O)c1ccc(OC)cc1. The first kappa shape index (κ1) is 14.6. The summed E-state index contributed by atoms with van der Waals surface area (Å²) in [7, 11) is 1.61. The van der Waals surface area contributed by atoms with E-state index in [0.29, 0.717) is 5.56 Å². The topological polar surface area (TPSA) is 39.2 Å². The van der Waals surface area contributed by atoms with Crippen LogP contribution in [0.15, 0.2) is 53.7 Å². The maximum Gasteiger partial charge on any atom is 0.176 e. The van der Waals surface area contributed by atoms with E-state index in [2.05, 4.69) is 4.98 Å². The molecular formula is C16H17NO2S. The van der Waals surface area contributed by atoms with Crippen LogP contribution in [-0.4, -0.2) is 23.1 Å². The molecule has 1 atom stereocenters. The third-order valence-electron chi connectivity index (χ3n) is 2.94. The van der Waals surface area contributed by atoms with Crippen LogP contribution in [0, 0.1) is 0 Å². The number of thioether (sulfide) groups is 1. The number of pyridine rings is 1. The number of benzene rings is 1. The van der Waals surface area contributed by atoms with Crippen molar-refractivity contribution in [3.63, 3.8) is 0 Å². The van der Waals surface area contributed by atoms with E-state index in [0.717, 1.165) is 17.2 Å². The highest BCUT2D eigenvalue weighted by atomic mass is 32.2. The summed E-state index contributed by atoms with van der Waals surface area (Å²) in [5, 5.41) is 0.763. The maximum atomic E-state index is 12.5. The first-order valence-corrected chi connectivity index (χ1v) is 7.38. The summed E-state index contributed by atoms with van der Waals surface area (Å²) >= 11 is 1.51. The molecule has 1 heterocycles. The highest BCUT2D eigenvalue weighted by Crippen LogP contribution is 2.26. The Hall–Kier alpha value is -1.81. The molecule has 2 aromatic rings. The minimum absolute atomic E-state index is 0.113. The van der Waals surface area contributed by atoms with Gasteiger partial charge in [-0.05, 0) is 42.8 Å². The molecular weight excluding hydrogens is 270 g/mol. The van der Waals surface area contributed by atoms with Crippen LogP contribution >= 0.6 is 11.8 Å². The normalized spacial score (nSPS) is 11.9. The van der Waals surface area contributed by atoms with Crippen molar-refractivity contribution < 1.29 is 9.53 Å². The molecule has 0 N–H and O–H groups in total. The van der Waals surface area contributed by atoms with Gasteiger partial charge < -0.3 is 4.74 Å². The fourth-order valence-corrected chi connectivity index (χ4v) is 2.81. The van der Waals surface area contributed by atoms with Gasteiger partial charge in [-0.2, -0.15) is 0 Å². The van der Waals surface area contributed by atoms with Gasteiger partial charge in [0.25, 0.3) is 0 Å². The number of Topliss-reactive ketones (excluding diaryl/α,β-unsaturated/α-hetero) is 1. The first-order valence-electron chi connectivity index (χ1n) is 6.50. The molecule has 2 rings (SSSR count). The molecule has 1 unspecified atom stereocenters. The predicted molar refractivity (Wildman–Crippen MR) is 81.5 cm³/mol. The Morgan fingerprint density at radius 3 is 2.55 bits per heavy atom. The Morgan fingerprint density at radius 2 is 2.00 bits per heavy atom. The zero-order valence-corrected chi connectivity index (χ0v) is 12.4. The van der Waals surface area contributed by atoms with E-state index >= 15 is 0 Å². The first-order chi connectivity index (χ1) is 9.74. The number of methoxy groups -OCH3 is 1. The van der Waals surface area contributed by atoms with Crippen LogP contribution in [0.1, 0.15) is 23.7 Å². The number of rotatable bonds is 6. The fraction of sp³-hybridized carbons (Fsp3) is 0.250. The summed E-state index contributed by atoms with van der Waals surface area (Å²) in [6.45, 7) is 2.02. The van der Waals surface area contributed by atoms with Gasteiger partial charge in [-0.3, -0.25) is 4.79 Å². The molecule has 1 aromatic heterocycles. The standard InChI is InChI=1S/C16H17NO2S/c1-3-14(20-15-6-4-5-11-17-15)16(18)12-7-9-13(19-2)10-8-12/h4-11,14H,3H2,1-2H3. The molecule has 1 aromatic carbocycles. The number of hydrogen-bond donors (Lipinski definition) is 0. The van der Waals surface area contributed by atoms with E-state index in [1.54, 1.807) is 13.3 Å². The van der Waals surface area contributed by atoms with Crippen LogP contribution in [0.4, 0.5) is 0 Å². The molecule has 104 valence electrons. The van der Waals surface area contributed by atoms with E-state index < -0.39 is 0 Å². The molecule has 0 saturated carbocycles. The zero-order chi connectivity index (χ0) is 14.4. The molecule has 0 spiro atoms. The molecule has 0 amide bonds. The van der Waals surface area contributed by atoms with E-state index in [-0.39, 0.29) is 11.0 Å². The van der Waals surface area contributed by atoms with Crippen molar-refractivity contribution in [1.29, 1.82) is 0 Å². The van der Waals surface area contributed by atoms with Crippen molar-refractivity contribution in [3.05, 3.63) is 54.2 Å². The van der Waals surface area contributed by atoms with Crippen molar-refractivity contribution in [2.75, 3.05) is 7.11 Å². The van der Waals surface area contributed by atoms with Crippen LogP contribution in [0.25, 0.3) is 0 Å². The molecule has 0 bridgehead atoms. The number of ether oxygens (including phenoxy) is 1. The number of nitrogens with zero attached hydrogens (tertiary/aromatic N) is 1. The third-order valence-corrected chi connectivity index (χ3v) is 4.25. The summed E-state index contributed by atoms with van der Waals surface area (Å²) in [4.78, 5) is 16.8. The van der Waals surface area contributed by atoms with Crippen molar-refractivity contribution in [1.82, 2.24) is 4.98 Å². The lowest BCUT2D eigenvalue weighted by Crippen LogP contribution is -2.16. The lowest BCUT2D eigenvalue weighted by atomic mass is 10.1. The Balaban J connectivity index is 2.12. The minimum atomic E-state index is -0.113. The average molecular weight is 287 g/mol. The summed E-state index contributed by atoms with van der Waals surface area (Å²) in [5.41, 5.74) is 0.709. The Morgan fingerprint density at radius 1 is 1.25 bits per heavy atom. The lowest BCUT2D eigenvalue weighted by molar-refractivity contribution is 0.0988. The molecule has 0 aliphatic carbocycles. The molecule has 3 nitrogen and oxygen atoms in total. The number of ketones is 1. The van der Waals surface area contributed by atoms with Gasteiger partial charge in [0, 0.05) is 11.8 Å². The minimum Gasteiger partial charge on any atom is -0.497 e. The van der Waals surface area contributed by atoms with E-state index in [4.69, 9.17) is 4.74 Å². The highest BCUT2D eigenvalue weighted by molar-refractivity contribution is 8.00. The molecule has 0 aliphatic rings. The second-order valence-corrected chi connectivity index (χ2v) is 5.50. The number of carbonyl (C=O) groups excluding carboxylic acids is 1. The van der Waals surface area contributed by atoms with Gasteiger partial charge in [-0.25, -0.2) is 4.98 Å². The van der Waals surface area contributed by atoms with Crippen molar-refractivity contribution in [3.8, 4) is 5.75 Å². The zero-order valence-electron chi connectivity index (χ0n) is 11.6. The van der Waals surface area contributed by atoms with Gasteiger partial charge in [-0.15, -0.1) is 0 Å². The molecule has 0 aliphatic heterocycles. The van der Waals surface area contributed by atoms with E-state index in [9.17, 15) is 4.79 Å². The van der Waals surface area contributed by atoms with Gasteiger partial charge in [0.2, 0.25) is 0 Å². The molecule has 0 fully saturated rings. The smallest absolute Gasteiger partial charge is 0.176 e. The lowest BCUT2D eigenvalue weighted by Gasteiger charge is -2.13. The van der Waals surface area contributed by atoms with Crippen molar-refractivity contribution >= 4 is 17.5 Å². The van der Waals surface area contributed by atoms with Gasteiger partial charge in [0.05, 0.1) is 17.4 Å². The summed E-state index contributed by atoms with van der Waals surface area (Å²) < 4.78 is 5.10. The Labute approximate surface area is 123 Å². The predicted octanol–water partition coefficient (Wildman–Crippen LogP) is 3.84. The van der Waals surface area contributed by atoms with Crippen LogP contribution in [0.3, 0.4) is 0 Å². The fourth-order valence-electron chi connectivity index (χ4n) is 1.83. The maximum absolute atomic E-state index is 12.5. The van der Waals surface area contributed by atoms with Crippen molar-refractivity contribution in [2.24, 2.45) is 0 Å². The number of carbonyl (C=O) groups is 1. The van der Waals surface area contributed by atoms with E-state index in [1.807, 2.05) is 49.4 Å². The molecule has 0 saturated heterocycles. The third kappa shape index (κ3) is 3.61. The monoisotopic (exact) mass is 287 g/mol. The summed E-state index contributed by atoms with van der Waals surface area (Å²) in [5.74, 6) is 0.887. The van der Waals surface area contributed by atoms with E-state index in [1.165, 1.54) is 11.8 Å². The average Bonchev–Trinajstić information content (AvgIpc) is 2.53. The largest absolute Gasteiger partial charge is 0.497 e. The van der Waals surface area contributed by atoms with Gasteiger partial charge in [-0.1, -0.05) is 24.8 Å². The van der Waals surface area contributed by atoms with Crippen molar-refractivity contribution in [2.45, 2.75) is 23.6 Å². The van der Waals surface area contributed by atoms with Gasteiger partial charge in [0.15, 0.2) is 5.78 Å². The van der Waals surface area contributed by atoms with Crippen LogP contribution in [0.2, 0.25) is 0 Å². The molecule has 20 heavy (non-hydrogen) atoms. The van der Waals surface area contributed by atoms with Gasteiger partial charge in [0.1, 0.15) is 5.75 Å². The Kier molecular flexibility index (Phi) is 5.18. The second-order valence-electron chi connectivity index (χ2n) is 4.28. The van der Waals surface area contributed by atoms with Crippen LogP contribution < -0.4 is 4.74 Å². The summed E-state index contributed by atoms with van der Waals surface area (Å²) in [6.07, 6.45) is 2.51. The second kappa shape index (κ2) is 7.10. The van der Waals surface area contributed by atoms with Gasteiger partial charge >= 0.3 is 0 Å². The Bertz CT molecular complexity index is 554. The number of aromatic nitrogens is 1. The van der Waals surface area contributed by atoms with Crippen LogP contribution in [0.5, 0.6) is 5.75 Å². The molecule has 4 heteroatoms. The highest BCUT2D eigenvalue weighted by Gasteiger charge is 2.20.